The summed E-state index contributed by atoms with van der Waals surface area (Å²) >= 11 is 0. The summed E-state index contributed by atoms with van der Waals surface area (Å²) in [5.74, 6) is -0.180. The Balaban J connectivity index is 3.52. The van der Waals surface area contributed by atoms with E-state index in [0.29, 0.717) is 13.0 Å². The molecule has 0 radical (unpaired) electrons. The van der Waals surface area contributed by atoms with Gasteiger partial charge in [0.1, 0.15) is 12.7 Å². The molecule has 0 aliphatic heterocycles. The van der Waals surface area contributed by atoms with Crippen LogP contribution in [0.25, 0.3) is 0 Å². The number of carbonyl (C=O) groups excluding carboxylic acids is 1. The fraction of sp³-hybridized carbons (Fsp3) is 0.889. The van der Waals surface area contributed by atoms with E-state index in [9.17, 15) is 4.79 Å². The van der Waals surface area contributed by atoms with Crippen molar-refractivity contribution in [2.24, 2.45) is 0 Å². The molecule has 78 valence electrons. The minimum Gasteiger partial charge on any atom is -0.463 e. The third-order valence-electron chi connectivity index (χ3n) is 1.57. The molecule has 1 atom stereocenters. The standard InChI is InChI=1S/C9H18O4/c1-4-5-9(10)13-7-8(12-3)6-11-2/h8H,4-7H2,1-3H3/t8-/m1/s1. The van der Waals surface area contributed by atoms with Gasteiger partial charge in [0, 0.05) is 20.6 Å². The van der Waals surface area contributed by atoms with Crippen molar-refractivity contribution < 1.29 is 19.0 Å². The lowest BCUT2D eigenvalue weighted by molar-refractivity contribution is -0.148. The predicted octanol–water partition coefficient (Wildman–Crippen LogP) is 0.991. The van der Waals surface area contributed by atoms with Crippen LogP contribution in [0.1, 0.15) is 19.8 Å². The van der Waals surface area contributed by atoms with Crippen LogP contribution in [0.4, 0.5) is 0 Å². The molecule has 0 amide bonds. The third kappa shape index (κ3) is 6.54. The summed E-state index contributed by atoms with van der Waals surface area (Å²) in [7, 11) is 3.15. The maximum atomic E-state index is 10.9. The predicted molar refractivity (Wildman–Crippen MR) is 48.5 cm³/mol. The van der Waals surface area contributed by atoms with Crippen molar-refractivity contribution in [1.29, 1.82) is 0 Å². The van der Waals surface area contributed by atoms with Crippen molar-refractivity contribution >= 4 is 5.97 Å². The molecule has 0 N–H and O–H groups in total. The molecule has 0 unspecified atom stereocenters. The van der Waals surface area contributed by atoms with Gasteiger partial charge in [-0.25, -0.2) is 0 Å². The lowest BCUT2D eigenvalue weighted by Crippen LogP contribution is -2.25. The number of methoxy groups -OCH3 is 2. The molecule has 13 heavy (non-hydrogen) atoms. The largest absolute Gasteiger partial charge is 0.463 e. The van der Waals surface area contributed by atoms with E-state index in [-0.39, 0.29) is 18.7 Å². The van der Waals surface area contributed by atoms with Crippen LogP contribution in [0.5, 0.6) is 0 Å². The summed E-state index contributed by atoms with van der Waals surface area (Å²) in [6.45, 7) is 2.64. The highest BCUT2D eigenvalue weighted by Gasteiger charge is 2.09. The van der Waals surface area contributed by atoms with Crippen molar-refractivity contribution in [2.45, 2.75) is 25.9 Å². The van der Waals surface area contributed by atoms with Crippen LogP contribution in [0.15, 0.2) is 0 Å². The molecule has 0 aromatic heterocycles. The minimum atomic E-state index is -0.180. The Kier molecular flexibility index (Phi) is 7.63. The Morgan fingerprint density at radius 1 is 1.31 bits per heavy atom. The summed E-state index contributed by atoms with van der Waals surface area (Å²) in [6.07, 6.45) is 1.11. The highest BCUT2D eigenvalue weighted by molar-refractivity contribution is 5.69. The Labute approximate surface area is 79.2 Å². The van der Waals surface area contributed by atoms with E-state index < -0.39 is 0 Å². The zero-order valence-electron chi connectivity index (χ0n) is 8.54. The number of carbonyl (C=O) groups is 1. The van der Waals surface area contributed by atoms with Crippen LogP contribution in [-0.2, 0) is 19.0 Å². The van der Waals surface area contributed by atoms with Crippen LogP contribution in [0, 0.1) is 0 Å². The van der Waals surface area contributed by atoms with Gasteiger partial charge in [-0.15, -0.1) is 0 Å². The molecular weight excluding hydrogens is 172 g/mol. The summed E-state index contributed by atoms with van der Waals surface area (Å²) in [6, 6.07) is 0. The Hall–Kier alpha value is -0.610. The first kappa shape index (κ1) is 12.4. The fourth-order valence-corrected chi connectivity index (χ4v) is 0.832. The first-order valence-electron chi connectivity index (χ1n) is 4.41. The van der Waals surface area contributed by atoms with E-state index in [1.807, 2.05) is 6.92 Å². The average Bonchev–Trinajstić information content (AvgIpc) is 2.12. The molecule has 0 bridgehead atoms. The van der Waals surface area contributed by atoms with E-state index in [0.717, 1.165) is 6.42 Å². The molecule has 0 aromatic rings. The van der Waals surface area contributed by atoms with Gasteiger partial charge in [-0.2, -0.15) is 0 Å². The van der Waals surface area contributed by atoms with Gasteiger partial charge in [-0.1, -0.05) is 6.92 Å². The molecule has 0 spiro atoms. The van der Waals surface area contributed by atoms with E-state index in [4.69, 9.17) is 14.2 Å². The second-order valence-corrected chi connectivity index (χ2v) is 2.75. The van der Waals surface area contributed by atoms with Crippen LogP contribution in [0.3, 0.4) is 0 Å². The van der Waals surface area contributed by atoms with E-state index in [2.05, 4.69) is 0 Å². The molecule has 4 heteroatoms. The lowest BCUT2D eigenvalue weighted by Gasteiger charge is -2.13. The van der Waals surface area contributed by atoms with Crippen molar-refractivity contribution in [3.63, 3.8) is 0 Å². The van der Waals surface area contributed by atoms with E-state index >= 15 is 0 Å². The summed E-state index contributed by atoms with van der Waals surface area (Å²) in [4.78, 5) is 10.9. The van der Waals surface area contributed by atoms with Crippen LogP contribution >= 0.6 is 0 Å². The summed E-state index contributed by atoms with van der Waals surface area (Å²) < 4.78 is 14.8. The van der Waals surface area contributed by atoms with Gasteiger partial charge in [-0.05, 0) is 6.42 Å². The number of esters is 1. The smallest absolute Gasteiger partial charge is 0.305 e. The first-order chi connectivity index (χ1) is 6.24. The molecule has 0 heterocycles. The topological polar surface area (TPSA) is 44.8 Å². The zero-order valence-corrected chi connectivity index (χ0v) is 8.54. The number of rotatable bonds is 7. The number of hydrogen-bond acceptors (Lipinski definition) is 4. The lowest BCUT2D eigenvalue weighted by atomic mass is 10.3. The third-order valence-corrected chi connectivity index (χ3v) is 1.57. The normalized spacial score (nSPS) is 12.5. The van der Waals surface area contributed by atoms with Gasteiger partial charge in [-0.3, -0.25) is 4.79 Å². The second-order valence-electron chi connectivity index (χ2n) is 2.75. The highest BCUT2D eigenvalue weighted by Crippen LogP contribution is 1.96. The average molecular weight is 190 g/mol. The molecule has 0 saturated heterocycles. The quantitative estimate of drug-likeness (QED) is 0.562. The zero-order chi connectivity index (χ0) is 10.1. The molecule has 0 saturated carbocycles. The monoisotopic (exact) mass is 190 g/mol. The molecule has 0 aromatic carbocycles. The molecular formula is C9H18O4. The number of hydrogen-bond donors (Lipinski definition) is 0. The van der Waals surface area contributed by atoms with Crippen molar-refractivity contribution in [3.05, 3.63) is 0 Å². The van der Waals surface area contributed by atoms with E-state index in [1.54, 1.807) is 14.2 Å². The van der Waals surface area contributed by atoms with Crippen LogP contribution < -0.4 is 0 Å². The molecule has 0 aliphatic rings. The minimum absolute atomic E-state index is 0.161. The summed E-state index contributed by atoms with van der Waals surface area (Å²) in [5.41, 5.74) is 0. The maximum Gasteiger partial charge on any atom is 0.305 e. The SMILES string of the molecule is CCCC(=O)OC[C@@H](COC)OC. The van der Waals surface area contributed by atoms with Gasteiger partial charge in [0.15, 0.2) is 0 Å². The first-order valence-corrected chi connectivity index (χ1v) is 4.41. The molecule has 4 nitrogen and oxygen atoms in total. The van der Waals surface area contributed by atoms with Gasteiger partial charge in [0.05, 0.1) is 6.61 Å². The Morgan fingerprint density at radius 3 is 2.46 bits per heavy atom. The van der Waals surface area contributed by atoms with Gasteiger partial charge >= 0.3 is 5.97 Å². The molecule has 0 fully saturated rings. The van der Waals surface area contributed by atoms with Gasteiger partial charge in [0.25, 0.3) is 0 Å². The van der Waals surface area contributed by atoms with Gasteiger partial charge in [0.2, 0.25) is 0 Å². The molecule has 0 rings (SSSR count). The molecule has 0 aliphatic carbocycles. The van der Waals surface area contributed by atoms with Gasteiger partial charge < -0.3 is 14.2 Å². The Bertz CT molecular complexity index is 136. The van der Waals surface area contributed by atoms with Crippen molar-refractivity contribution in [3.8, 4) is 0 Å². The fourth-order valence-electron chi connectivity index (χ4n) is 0.832. The van der Waals surface area contributed by atoms with Crippen LogP contribution in [-0.4, -0.2) is 39.5 Å². The van der Waals surface area contributed by atoms with Crippen LogP contribution in [0.2, 0.25) is 0 Å². The van der Waals surface area contributed by atoms with Crippen molar-refractivity contribution in [1.82, 2.24) is 0 Å². The highest BCUT2D eigenvalue weighted by atomic mass is 16.6. The van der Waals surface area contributed by atoms with E-state index in [1.165, 1.54) is 0 Å². The number of ether oxygens (including phenoxy) is 3. The maximum absolute atomic E-state index is 10.9. The summed E-state index contributed by atoms with van der Waals surface area (Å²) in [5, 5.41) is 0. The van der Waals surface area contributed by atoms with Crippen molar-refractivity contribution in [2.75, 3.05) is 27.4 Å². The second kappa shape index (κ2) is 8.01. The Morgan fingerprint density at radius 2 is 2.00 bits per heavy atom.